The number of hydrogen-bond acceptors (Lipinski definition) is 3. The van der Waals surface area contributed by atoms with Crippen molar-refractivity contribution in [1.29, 1.82) is 0 Å². The van der Waals surface area contributed by atoms with Crippen molar-refractivity contribution >= 4 is 5.97 Å². The third kappa shape index (κ3) is 3.12. The minimum atomic E-state index is -0.848. The van der Waals surface area contributed by atoms with E-state index in [0.717, 1.165) is 11.1 Å². The SMILES string of the molecule is COc1cc(CC(=O)O)c(C(C)C)cc1OC. The molecule has 0 aliphatic rings. The van der Waals surface area contributed by atoms with Crippen molar-refractivity contribution in [3.8, 4) is 11.5 Å². The van der Waals surface area contributed by atoms with Gasteiger partial charge in [0.1, 0.15) is 0 Å². The fourth-order valence-electron chi connectivity index (χ4n) is 1.79. The molecule has 0 spiro atoms. The second-order valence-corrected chi connectivity index (χ2v) is 4.13. The van der Waals surface area contributed by atoms with Crippen LogP contribution in [0, 0.1) is 0 Å². The van der Waals surface area contributed by atoms with Gasteiger partial charge in [-0.1, -0.05) is 13.8 Å². The second-order valence-electron chi connectivity index (χ2n) is 4.13. The summed E-state index contributed by atoms with van der Waals surface area (Å²) in [6, 6.07) is 3.59. The highest BCUT2D eigenvalue weighted by molar-refractivity contribution is 5.71. The molecule has 4 nitrogen and oxygen atoms in total. The summed E-state index contributed by atoms with van der Waals surface area (Å²) in [5.41, 5.74) is 1.75. The first kappa shape index (κ1) is 13.4. The van der Waals surface area contributed by atoms with Crippen molar-refractivity contribution < 1.29 is 19.4 Å². The van der Waals surface area contributed by atoms with E-state index in [4.69, 9.17) is 14.6 Å². The molecule has 0 aliphatic heterocycles. The van der Waals surface area contributed by atoms with Gasteiger partial charge in [-0.15, -0.1) is 0 Å². The van der Waals surface area contributed by atoms with Crippen LogP contribution in [0.3, 0.4) is 0 Å². The van der Waals surface area contributed by atoms with E-state index in [1.807, 2.05) is 19.9 Å². The lowest BCUT2D eigenvalue weighted by molar-refractivity contribution is -0.136. The van der Waals surface area contributed by atoms with Crippen molar-refractivity contribution in [3.63, 3.8) is 0 Å². The van der Waals surface area contributed by atoms with Crippen LogP contribution in [-0.4, -0.2) is 25.3 Å². The number of carboxylic acids is 1. The highest BCUT2D eigenvalue weighted by Crippen LogP contribution is 2.33. The van der Waals surface area contributed by atoms with Gasteiger partial charge in [0.15, 0.2) is 11.5 Å². The summed E-state index contributed by atoms with van der Waals surface area (Å²) in [6.45, 7) is 4.04. The van der Waals surface area contributed by atoms with Crippen molar-refractivity contribution in [2.75, 3.05) is 14.2 Å². The van der Waals surface area contributed by atoms with Gasteiger partial charge in [0.05, 0.1) is 20.6 Å². The van der Waals surface area contributed by atoms with Gasteiger partial charge >= 0.3 is 5.97 Å². The Balaban J connectivity index is 3.29. The molecule has 1 aromatic rings. The van der Waals surface area contributed by atoms with Crippen LogP contribution in [-0.2, 0) is 11.2 Å². The van der Waals surface area contributed by atoms with Crippen LogP contribution in [0.25, 0.3) is 0 Å². The first-order valence-electron chi connectivity index (χ1n) is 5.46. The molecule has 0 bridgehead atoms. The molecular weight excluding hydrogens is 220 g/mol. The van der Waals surface area contributed by atoms with Gasteiger partial charge in [0.2, 0.25) is 0 Å². The number of aliphatic carboxylic acids is 1. The maximum atomic E-state index is 10.8. The van der Waals surface area contributed by atoms with Crippen LogP contribution in [0.4, 0.5) is 0 Å². The Bertz CT molecular complexity index is 410. The highest BCUT2D eigenvalue weighted by atomic mass is 16.5. The Labute approximate surface area is 101 Å². The largest absolute Gasteiger partial charge is 0.493 e. The standard InChI is InChI=1S/C13H18O4/c1-8(2)10-7-12(17-4)11(16-3)5-9(10)6-13(14)15/h5,7-8H,6H2,1-4H3,(H,14,15). The van der Waals surface area contributed by atoms with Crippen molar-refractivity contribution in [3.05, 3.63) is 23.3 Å². The third-order valence-electron chi connectivity index (χ3n) is 2.61. The summed E-state index contributed by atoms with van der Waals surface area (Å²) in [7, 11) is 3.11. The quantitative estimate of drug-likeness (QED) is 0.856. The minimum absolute atomic E-state index is 0.00608. The summed E-state index contributed by atoms with van der Waals surface area (Å²) in [4.78, 5) is 10.8. The van der Waals surface area contributed by atoms with Gasteiger partial charge in [-0.25, -0.2) is 0 Å². The topological polar surface area (TPSA) is 55.8 Å². The number of rotatable bonds is 5. The number of carboxylic acid groups (broad SMARTS) is 1. The Hall–Kier alpha value is -1.71. The molecule has 0 unspecified atom stereocenters. The number of hydrogen-bond donors (Lipinski definition) is 1. The summed E-state index contributed by atoms with van der Waals surface area (Å²) in [6.07, 6.45) is -0.00608. The van der Waals surface area contributed by atoms with Crippen LogP contribution < -0.4 is 9.47 Å². The van der Waals surface area contributed by atoms with Crippen LogP contribution in [0.15, 0.2) is 12.1 Å². The number of benzene rings is 1. The molecule has 1 rings (SSSR count). The van der Waals surface area contributed by atoms with Crippen LogP contribution in [0.2, 0.25) is 0 Å². The Kier molecular flexibility index (Phi) is 4.37. The number of ether oxygens (including phenoxy) is 2. The maximum absolute atomic E-state index is 10.8. The Morgan fingerprint density at radius 1 is 1.24 bits per heavy atom. The summed E-state index contributed by atoms with van der Waals surface area (Å²) in [5.74, 6) is 0.585. The second kappa shape index (κ2) is 5.57. The molecule has 0 saturated heterocycles. The number of carbonyl (C=O) groups is 1. The summed E-state index contributed by atoms with van der Waals surface area (Å²) in [5, 5.41) is 8.89. The van der Waals surface area contributed by atoms with E-state index in [0.29, 0.717) is 11.5 Å². The normalized spacial score (nSPS) is 10.4. The van der Waals surface area contributed by atoms with E-state index in [-0.39, 0.29) is 12.3 Å². The highest BCUT2D eigenvalue weighted by Gasteiger charge is 2.15. The van der Waals surface area contributed by atoms with Crippen molar-refractivity contribution in [2.45, 2.75) is 26.2 Å². The molecule has 0 aliphatic carbocycles. The molecule has 0 fully saturated rings. The predicted molar refractivity (Wildman–Crippen MR) is 65.0 cm³/mol. The third-order valence-corrected chi connectivity index (χ3v) is 2.61. The molecular formula is C13H18O4. The van der Waals surface area contributed by atoms with E-state index >= 15 is 0 Å². The van der Waals surface area contributed by atoms with Crippen molar-refractivity contribution in [2.24, 2.45) is 0 Å². The van der Waals surface area contributed by atoms with Gasteiger partial charge in [-0.05, 0) is 29.2 Å². The van der Waals surface area contributed by atoms with E-state index in [1.165, 1.54) is 7.11 Å². The molecule has 1 aromatic carbocycles. The van der Waals surface area contributed by atoms with Gasteiger partial charge in [0.25, 0.3) is 0 Å². The molecule has 0 atom stereocenters. The molecule has 94 valence electrons. The van der Waals surface area contributed by atoms with Gasteiger partial charge in [-0.2, -0.15) is 0 Å². The molecule has 1 N–H and O–H groups in total. The van der Waals surface area contributed by atoms with Gasteiger partial charge in [-0.3, -0.25) is 4.79 Å². The maximum Gasteiger partial charge on any atom is 0.307 e. The molecule has 0 amide bonds. The molecule has 0 saturated carbocycles. The molecule has 17 heavy (non-hydrogen) atoms. The van der Waals surface area contributed by atoms with Crippen LogP contribution >= 0.6 is 0 Å². The minimum Gasteiger partial charge on any atom is -0.493 e. The zero-order valence-corrected chi connectivity index (χ0v) is 10.6. The monoisotopic (exact) mass is 238 g/mol. The lowest BCUT2D eigenvalue weighted by Gasteiger charge is -2.16. The Morgan fingerprint density at radius 3 is 2.18 bits per heavy atom. The average molecular weight is 238 g/mol. The van der Waals surface area contributed by atoms with E-state index in [2.05, 4.69) is 0 Å². The van der Waals surface area contributed by atoms with Gasteiger partial charge < -0.3 is 14.6 Å². The first-order chi connectivity index (χ1) is 7.99. The fourth-order valence-corrected chi connectivity index (χ4v) is 1.79. The first-order valence-corrected chi connectivity index (χ1v) is 5.46. The Morgan fingerprint density at radius 2 is 1.76 bits per heavy atom. The van der Waals surface area contributed by atoms with Crippen molar-refractivity contribution in [1.82, 2.24) is 0 Å². The predicted octanol–water partition coefficient (Wildman–Crippen LogP) is 2.45. The molecule has 4 heteroatoms. The zero-order valence-electron chi connectivity index (χ0n) is 10.6. The van der Waals surface area contributed by atoms with E-state index in [9.17, 15) is 4.79 Å². The lowest BCUT2D eigenvalue weighted by atomic mass is 9.94. The number of methoxy groups -OCH3 is 2. The molecule has 0 radical (unpaired) electrons. The summed E-state index contributed by atoms with van der Waals surface area (Å²) < 4.78 is 10.4. The lowest BCUT2D eigenvalue weighted by Crippen LogP contribution is -2.06. The van der Waals surface area contributed by atoms with E-state index < -0.39 is 5.97 Å². The van der Waals surface area contributed by atoms with Crippen LogP contribution in [0.1, 0.15) is 30.9 Å². The fraction of sp³-hybridized carbons (Fsp3) is 0.462. The van der Waals surface area contributed by atoms with E-state index in [1.54, 1.807) is 13.2 Å². The zero-order chi connectivity index (χ0) is 13.0. The van der Waals surface area contributed by atoms with Gasteiger partial charge in [0, 0.05) is 0 Å². The molecule has 0 aromatic heterocycles. The smallest absolute Gasteiger partial charge is 0.307 e. The average Bonchev–Trinajstić information content (AvgIpc) is 2.27. The van der Waals surface area contributed by atoms with Crippen LogP contribution in [0.5, 0.6) is 11.5 Å². The summed E-state index contributed by atoms with van der Waals surface area (Å²) >= 11 is 0. The molecule has 0 heterocycles.